The molecular formula is C16H25N3O. The van der Waals surface area contributed by atoms with E-state index >= 15 is 0 Å². The molecule has 1 aromatic rings. The van der Waals surface area contributed by atoms with Crippen molar-refractivity contribution in [2.75, 3.05) is 39.3 Å². The van der Waals surface area contributed by atoms with E-state index < -0.39 is 0 Å². The topological polar surface area (TPSA) is 49.6 Å². The first-order valence-electron chi connectivity index (χ1n) is 7.43. The summed E-state index contributed by atoms with van der Waals surface area (Å²) in [5.74, 6) is 0.645. The number of nitrogens with two attached hydrogens (primary N) is 1. The first-order chi connectivity index (χ1) is 9.61. The number of carbonyl (C=O) groups excluding carboxylic acids is 1. The number of carbonyl (C=O) groups is 1. The highest BCUT2D eigenvalue weighted by atomic mass is 16.2. The third kappa shape index (κ3) is 3.58. The fourth-order valence-electron chi connectivity index (χ4n) is 2.55. The Balaban J connectivity index is 1.95. The van der Waals surface area contributed by atoms with Crippen LogP contribution < -0.4 is 5.73 Å². The van der Waals surface area contributed by atoms with E-state index in [0.717, 1.165) is 38.3 Å². The average molecular weight is 275 g/mol. The summed E-state index contributed by atoms with van der Waals surface area (Å²) < 4.78 is 0. The molecule has 0 saturated carbocycles. The lowest BCUT2D eigenvalue weighted by Crippen LogP contribution is -2.49. The Kier molecular flexibility index (Phi) is 5.15. The summed E-state index contributed by atoms with van der Waals surface area (Å²) >= 11 is 0. The summed E-state index contributed by atoms with van der Waals surface area (Å²) in [5.41, 5.74) is 7.63. The van der Waals surface area contributed by atoms with Crippen molar-refractivity contribution in [3.05, 3.63) is 35.4 Å². The molecule has 0 aliphatic carbocycles. The van der Waals surface area contributed by atoms with Crippen LogP contribution in [0.1, 0.15) is 35.7 Å². The van der Waals surface area contributed by atoms with Gasteiger partial charge in [0.05, 0.1) is 0 Å². The highest BCUT2D eigenvalue weighted by molar-refractivity contribution is 5.94. The predicted molar refractivity (Wildman–Crippen MR) is 81.9 cm³/mol. The molecule has 2 N–H and O–H groups in total. The standard InChI is InChI=1S/C16H25N3O/c1-13(2)14-3-5-15(6-4-14)16(20)19-11-9-18(8-7-17)10-12-19/h3-6,13H,7-12,17H2,1-2H3. The van der Waals surface area contributed by atoms with Gasteiger partial charge in [-0.25, -0.2) is 0 Å². The Hall–Kier alpha value is -1.39. The summed E-state index contributed by atoms with van der Waals surface area (Å²) in [6.07, 6.45) is 0. The maximum Gasteiger partial charge on any atom is 0.253 e. The van der Waals surface area contributed by atoms with Gasteiger partial charge in [-0.15, -0.1) is 0 Å². The fraction of sp³-hybridized carbons (Fsp3) is 0.562. The molecule has 0 bridgehead atoms. The maximum atomic E-state index is 12.4. The Morgan fingerprint density at radius 3 is 2.25 bits per heavy atom. The molecule has 4 heteroatoms. The van der Waals surface area contributed by atoms with Gasteiger partial charge >= 0.3 is 0 Å². The number of benzene rings is 1. The van der Waals surface area contributed by atoms with Gasteiger partial charge in [0, 0.05) is 44.8 Å². The van der Waals surface area contributed by atoms with E-state index in [1.54, 1.807) is 0 Å². The highest BCUT2D eigenvalue weighted by Gasteiger charge is 2.21. The molecule has 2 rings (SSSR count). The van der Waals surface area contributed by atoms with Crippen molar-refractivity contribution in [1.29, 1.82) is 0 Å². The molecule has 1 aliphatic heterocycles. The molecule has 4 nitrogen and oxygen atoms in total. The molecule has 0 spiro atoms. The number of hydrogen-bond acceptors (Lipinski definition) is 3. The first-order valence-corrected chi connectivity index (χ1v) is 7.43. The molecule has 0 atom stereocenters. The average Bonchev–Trinajstić information content (AvgIpc) is 2.48. The zero-order valence-electron chi connectivity index (χ0n) is 12.5. The van der Waals surface area contributed by atoms with Crippen LogP contribution in [0.3, 0.4) is 0 Å². The van der Waals surface area contributed by atoms with Gasteiger partial charge in [0.15, 0.2) is 0 Å². The summed E-state index contributed by atoms with van der Waals surface area (Å²) in [6, 6.07) is 8.01. The monoisotopic (exact) mass is 275 g/mol. The second-order valence-electron chi connectivity index (χ2n) is 5.70. The highest BCUT2D eigenvalue weighted by Crippen LogP contribution is 2.16. The maximum absolute atomic E-state index is 12.4. The van der Waals surface area contributed by atoms with Crippen molar-refractivity contribution in [2.45, 2.75) is 19.8 Å². The molecule has 1 heterocycles. The zero-order chi connectivity index (χ0) is 14.5. The third-order valence-electron chi connectivity index (χ3n) is 3.93. The van der Waals surface area contributed by atoms with Gasteiger partial charge in [0.25, 0.3) is 5.91 Å². The van der Waals surface area contributed by atoms with Crippen LogP contribution in [0, 0.1) is 0 Å². The molecule has 1 saturated heterocycles. The number of piperazine rings is 1. The zero-order valence-corrected chi connectivity index (χ0v) is 12.5. The number of hydrogen-bond donors (Lipinski definition) is 1. The normalized spacial score (nSPS) is 16.7. The minimum absolute atomic E-state index is 0.146. The predicted octanol–water partition coefficient (Wildman–Crippen LogP) is 1.53. The largest absolute Gasteiger partial charge is 0.336 e. The SMILES string of the molecule is CC(C)c1ccc(C(=O)N2CCN(CCN)CC2)cc1. The minimum atomic E-state index is 0.146. The van der Waals surface area contributed by atoms with Crippen LogP contribution in [-0.2, 0) is 0 Å². The second kappa shape index (κ2) is 6.86. The molecule has 0 radical (unpaired) electrons. The molecular weight excluding hydrogens is 250 g/mol. The Morgan fingerprint density at radius 1 is 1.15 bits per heavy atom. The lowest BCUT2D eigenvalue weighted by atomic mass is 10.0. The van der Waals surface area contributed by atoms with Crippen molar-refractivity contribution >= 4 is 5.91 Å². The van der Waals surface area contributed by atoms with E-state index in [1.165, 1.54) is 5.56 Å². The van der Waals surface area contributed by atoms with Crippen LogP contribution in [0.4, 0.5) is 0 Å². The molecule has 110 valence electrons. The number of amides is 1. The summed E-state index contributed by atoms with van der Waals surface area (Å²) in [7, 11) is 0. The summed E-state index contributed by atoms with van der Waals surface area (Å²) in [4.78, 5) is 16.7. The van der Waals surface area contributed by atoms with Crippen molar-refractivity contribution in [3.8, 4) is 0 Å². The minimum Gasteiger partial charge on any atom is -0.336 e. The van der Waals surface area contributed by atoms with Gasteiger partial charge in [-0.1, -0.05) is 26.0 Å². The van der Waals surface area contributed by atoms with Crippen molar-refractivity contribution in [3.63, 3.8) is 0 Å². The van der Waals surface area contributed by atoms with Crippen LogP contribution in [0.2, 0.25) is 0 Å². The van der Waals surface area contributed by atoms with E-state index in [-0.39, 0.29) is 5.91 Å². The summed E-state index contributed by atoms with van der Waals surface area (Å²) in [5, 5.41) is 0. The fourth-order valence-corrected chi connectivity index (χ4v) is 2.55. The molecule has 1 aliphatic rings. The van der Waals surface area contributed by atoms with Gasteiger partial charge < -0.3 is 10.6 Å². The van der Waals surface area contributed by atoms with Crippen LogP contribution in [0.25, 0.3) is 0 Å². The number of rotatable bonds is 4. The van der Waals surface area contributed by atoms with Crippen LogP contribution in [0.5, 0.6) is 0 Å². The Morgan fingerprint density at radius 2 is 1.75 bits per heavy atom. The number of nitrogens with zero attached hydrogens (tertiary/aromatic N) is 2. The first kappa shape index (κ1) is 15.0. The van der Waals surface area contributed by atoms with E-state index in [1.807, 2.05) is 17.0 Å². The van der Waals surface area contributed by atoms with Crippen molar-refractivity contribution in [2.24, 2.45) is 5.73 Å². The van der Waals surface area contributed by atoms with E-state index in [2.05, 4.69) is 30.9 Å². The molecule has 20 heavy (non-hydrogen) atoms. The summed E-state index contributed by atoms with van der Waals surface area (Å²) in [6.45, 7) is 9.37. The second-order valence-corrected chi connectivity index (χ2v) is 5.70. The Bertz CT molecular complexity index is 434. The van der Waals surface area contributed by atoms with E-state index in [0.29, 0.717) is 12.5 Å². The van der Waals surface area contributed by atoms with Crippen molar-refractivity contribution in [1.82, 2.24) is 9.80 Å². The van der Waals surface area contributed by atoms with E-state index in [9.17, 15) is 4.79 Å². The molecule has 0 unspecified atom stereocenters. The van der Waals surface area contributed by atoms with Gasteiger partial charge in [-0.3, -0.25) is 9.69 Å². The molecule has 1 amide bonds. The lowest BCUT2D eigenvalue weighted by molar-refractivity contribution is 0.0641. The third-order valence-corrected chi connectivity index (χ3v) is 3.93. The van der Waals surface area contributed by atoms with Gasteiger partial charge in [-0.2, -0.15) is 0 Å². The molecule has 0 aromatic heterocycles. The van der Waals surface area contributed by atoms with Crippen molar-refractivity contribution < 1.29 is 4.79 Å². The lowest BCUT2D eigenvalue weighted by Gasteiger charge is -2.34. The van der Waals surface area contributed by atoms with Crippen LogP contribution >= 0.6 is 0 Å². The molecule has 1 fully saturated rings. The quantitative estimate of drug-likeness (QED) is 0.906. The van der Waals surface area contributed by atoms with Crippen LogP contribution in [-0.4, -0.2) is 55.0 Å². The smallest absolute Gasteiger partial charge is 0.253 e. The van der Waals surface area contributed by atoms with E-state index in [4.69, 9.17) is 5.73 Å². The van der Waals surface area contributed by atoms with Gasteiger partial charge in [0.2, 0.25) is 0 Å². The Labute approximate surface area is 121 Å². The van der Waals surface area contributed by atoms with Gasteiger partial charge in [-0.05, 0) is 23.6 Å². The molecule has 1 aromatic carbocycles. The van der Waals surface area contributed by atoms with Gasteiger partial charge in [0.1, 0.15) is 0 Å². The van der Waals surface area contributed by atoms with Crippen LogP contribution in [0.15, 0.2) is 24.3 Å².